The lowest BCUT2D eigenvalue weighted by molar-refractivity contribution is -0.178. The maximum Gasteiger partial charge on any atom is 0.330 e. The van der Waals surface area contributed by atoms with Gasteiger partial charge in [0.2, 0.25) is 0 Å². The van der Waals surface area contributed by atoms with Gasteiger partial charge in [-0.25, -0.2) is 4.79 Å². The van der Waals surface area contributed by atoms with Gasteiger partial charge in [0, 0.05) is 18.7 Å². The number of halogens is 2. The fourth-order valence-corrected chi connectivity index (χ4v) is 2.94. The van der Waals surface area contributed by atoms with E-state index in [1.807, 2.05) is 0 Å². The third-order valence-corrected chi connectivity index (χ3v) is 4.95. The first-order valence-electron chi connectivity index (χ1n) is 8.97. The van der Waals surface area contributed by atoms with E-state index in [0.717, 1.165) is 0 Å². The summed E-state index contributed by atoms with van der Waals surface area (Å²) in [5.41, 5.74) is -2.56. The van der Waals surface area contributed by atoms with Gasteiger partial charge < -0.3 is 14.2 Å². The van der Waals surface area contributed by atoms with E-state index < -0.39 is 43.7 Å². The first kappa shape index (κ1) is 23.8. The monoisotopic (exact) mass is 538 g/mol. The Morgan fingerprint density at radius 3 is 2.34 bits per heavy atom. The Hall–Kier alpha value is -1.46. The van der Waals surface area contributed by atoms with E-state index in [4.69, 9.17) is 14.2 Å². The molecule has 11 heteroatoms. The molecule has 2 rings (SSSR count). The molecule has 29 heavy (non-hydrogen) atoms. The summed E-state index contributed by atoms with van der Waals surface area (Å²) in [6.07, 6.45) is 1.55. The highest BCUT2D eigenvalue weighted by Crippen LogP contribution is 2.35. The lowest BCUT2D eigenvalue weighted by Gasteiger charge is -2.31. The van der Waals surface area contributed by atoms with Gasteiger partial charge >= 0.3 is 17.6 Å². The quantitative estimate of drug-likeness (QED) is 0.414. The van der Waals surface area contributed by atoms with Crippen LogP contribution in [0.4, 0.5) is 0 Å². The van der Waals surface area contributed by atoms with E-state index in [2.05, 4.69) is 36.8 Å². The van der Waals surface area contributed by atoms with Crippen molar-refractivity contribution >= 4 is 43.8 Å². The van der Waals surface area contributed by atoms with Gasteiger partial charge in [0.1, 0.15) is 21.9 Å². The molecule has 0 radical (unpaired) electrons. The van der Waals surface area contributed by atoms with Crippen molar-refractivity contribution in [1.29, 1.82) is 0 Å². The van der Waals surface area contributed by atoms with Crippen LogP contribution in [0, 0.1) is 0 Å². The van der Waals surface area contributed by atoms with E-state index in [1.165, 1.54) is 16.8 Å². The van der Waals surface area contributed by atoms with Crippen LogP contribution >= 0.6 is 31.9 Å². The highest BCUT2D eigenvalue weighted by Gasteiger charge is 2.45. The number of carbonyl (C=O) groups is 2. The zero-order valence-electron chi connectivity index (χ0n) is 16.6. The van der Waals surface area contributed by atoms with E-state index in [1.54, 1.807) is 27.7 Å². The van der Waals surface area contributed by atoms with Crippen molar-refractivity contribution in [2.45, 2.75) is 61.0 Å². The largest absolute Gasteiger partial charge is 0.462 e. The molecule has 2 atom stereocenters. The van der Waals surface area contributed by atoms with Gasteiger partial charge in [-0.15, -0.1) is 0 Å². The van der Waals surface area contributed by atoms with Crippen LogP contribution in [0.25, 0.3) is 0 Å². The van der Waals surface area contributed by atoms with Gasteiger partial charge in [-0.1, -0.05) is 31.9 Å². The minimum Gasteiger partial charge on any atom is -0.462 e. The number of hydrogen-bond acceptors (Lipinski definition) is 7. The Kier molecular flexibility index (Phi) is 7.17. The summed E-state index contributed by atoms with van der Waals surface area (Å²) in [5, 5.41) is 0. The average molecular weight is 540 g/mol. The van der Waals surface area contributed by atoms with Crippen molar-refractivity contribution in [3.8, 4) is 0 Å². The van der Waals surface area contributed by atoms with Crippen molar-refractivity contribution < 1.29 is 23.8 Å². The number of aromatic amines is 1. The molecule has 1 saturated heterocycles. The fraction of sp³-hybridized carbons (Fsp3) is 0.667. The van der Waals surface area contributed by atoms with Crippen molar-refractivity contribution in [3.63, 3.8) is 0 Å². The van der Waals surface area contributed by atoms with E-state index in [9.17, 15) is 19.2 Å². The zero-order chi connectivity index (χ0) is 22.0. The molecule has 0 bridgehead atoms. The topological polar surface area (TPSA) is 117 Å². The lowest BCUT2D eigenvalue weighted by atomic mass is 10.1. The molecule has 1 aliphatic rings. The molecule has 1 aromatic rings. The normalized spacial score (nSPS) is 22.3. The van der Waals surface area contributed by atoms with E-state index in [-0.39, 0.29) is 13.2 Å². The number of ether oxygens (including phenoxy) is 3. The van der Waals surface area contributed by atoms with Crippen LogP contribution in [-0.2, 0) is 29.5 Å². The summed E-state index contributed by atoms with van der Waals surface area (Å²) in [5.74, 6) is -0.985. The minimum absolute atomic E-state index is 0.0222. The maximum absolute atomic E-state index is 12.4. The van der Waals surface area contributed by atoms with Crippen LogP contribution in [0.2, 0.25) is 0 Å². The Balaban J connectivity index is 2.23. The molecule has 0 aromatic carbocycles. The van der Waals surface area contributed by atoms with Crippen molar-refractivity contribution in [2.75, 3.05) is 13.2 Å². The average Bonchev–Trinajstić information content (AvgIpc) is 3.00. The zero-order valence-corrected chi connectivity index (χ0v) is 19.8. The summed E-state index contributed by atoms with van der Waals surface area (Å²) >= 11 is 6.46. The van der Waals surface area contributed by atoms with Crippen molar-refractivity contribution in [3.05, 3.63) is 33.1 Å². The van der Waals surface area contributed by atoms with Crippen LogP contribution in [0.15, 0.2) is 21.9 Å². The number of carbonyl (C=O) groups excluding carboxylic acids is 2. The van der Waals surface area contributed by atoms with Gasteiger partial charge in [-0.2, -0.15) is 0 Å². The Labute approximate surface area is 184 Å². The van der Waals surface area contributed by atoms with Crippen LogP contribution in [0.5, 0.6) is 0 Å². The molecule has 0 saturated carbocycles. The number of esters is 2. The fourth-order valence-electron chi connectivity index (χ4n) is 2.71. The summed E-state index contributed by atoms with van der Waals surface area (Å²) in [7, 11) is 0. The number of rotatable bonds is 7. The first-order valence-corrected chi connectivity index (χ1v) is 10.6. The third-order valence-electron chi connectivity index (χ3n) is 4.31. The van der Waals surface area contributed by atoms with Gasteiger partial charge in [0.25, 0.3) is 5.56 Å². The van der Waals surface area contributed by atoms with Crippen molar-refractivity contribution in [2.24, 2.45) is 0 Å². The number of nitrogens with zero attached hydrogens (tertiary/aromatic N) is 1. The standard InChI is InChI=1S/C18H24Br2N2O7/c1-16(2,19)13(24)27-9-11-5-7-18(29-11,10-28-14(25)17(3,4)20)22-8-6-12(23)21-15(22)26/h6,8,11H,5,7,9-10H2,1-4H3,(H,21,23,26). The molecular weight excluding hydrogens is 516 g/mol. The molecule has 1 N–H and O–H groups in total. The Morgan fingerprint density at radius 1 is 1.21 bits per heavy atom. The van der Waals surface area contributed by atoms with E-state index in [0.29, 0.717) is 12.8 Å². The molecule has 162 valence electrons. The van der Waals surface area contributed by atoms with Crippen LogP contribution < -0.4 is 11.2 Å². The number of alkyl halides is 2. The van der Waals surface area contributed by atoms with Gasteiger partial charge in [-0.05, 0) is 34.1 Å². The summed E-state index contributed by atoms with van der Waals surface area (Å²) in [6, 6.07) is 1.18. The molecule has 1 aliphatic heterocycles. The third kappa shape index (κ3) is 6.02. The Morgan fingerprint density at radius 2 is 1.79 bits per heavy atom. The maximum atomic E-state index is 12.4. The van der Waals surface area contributed by atoms with Gasteiger partial charge in [-0.3, -0.25) is 23.9 Å². The highest BCUT2D eigenvalue weighted by atomic mass is 79.9. The Bertz CT molecular complexity index is 882. The van der Waals surface area contributed by atoms with Crippen LogP contribution in [0.1, 0.15) is 40.5 Å². The second-order valence-corrected chi connectivity index (χ2v) is 11.8. The molecule has 0 aliphatic carbocycles. The smallest absolute Gasteiger partial charge is 0.330 e. The second-order valence-electron chi connectivity index (χ2n) is 7.82. The second kappa shape index (κ2) is 8.73. The summed E-state index contributed by atoms with van der Waals surface area (Å²) in [4.78, 5) is 50.1. The lowest BCUT2D eigenvalue weighted by Crippen LogP contribution is -2.48. The number of nitrogens with one attached hydrogen (secondary N) is 1. The summed E-state index contributed by atoms with van der Waals surface area (Å²) in [6.45, 7) is 6.32. The van der Waals surface area contributed by atoms with Crippen molar-refractivity contribution in [1.82, 2.24) is 9.55 Å². The molecule has 9 nitrogen and oxygen atoms in total. The predicted octanol–water partition coefficient (Wildman–Crippen LogP) is 1.80. The highest BCUT2D eigenvalue weighted by molar-refractivity contribution is 9.10. The number of hydrogen-bond donors (Lipinski definition) is 1. The number of aromatic nitrogens is 2. The number of H-pyrrole nitrogens is 1. The minimum atomic E-state index is -1.32. The molecule has 2 heterocycles. The van der Waals surface area contributed by atoms with Gasteiger partial charge in [0.05, 0.1) is 6.10 Å². The first-order chi connectivity index (χ1) is 13.2. The van der Waals surface area contributed by atoms with Crippen LogP contribution in [0.3, 0.4) is 0 Å². The van der Waals surface area contributed by atoms with Crippen LogP contribution in [-0.4, -0.2) is 49.5 Å². The summed E-state index contributed by atoms with van der Waals surface area (Å²) < 4.78 is 16.1. The van der Waals surface area contributed by atoms with E-state index >= 15 is 0 Å². The molecular formula is C18H24Br2N2O7. The SMILES string of the molecule is CC(C)(Br)C(=O)OCC1CCC(COC(=O)C(C)(C)Br)(n2ccc(=O)[nH]c2=O)O1. The molecule has 1 fully saturated rings. The van der Waals surface area contributed by atoms with Gasteiger partial charge in [0.15, 0.2) is 5.72 Å². The predicted molar refractivity (Wildman–Crippen MR) is 111 cm³/mol. The molecule has 2 unspecified atom stereocenters. The molecule has 1 aromatic heterocycles. The molecule has 0 amide bonds. The molecule has 0 spiro atoms.